The van der Waals surface area contributed by atoms with Crippen LogP contribution in [0, 0.1) is 6.92 Å². The van der Waals surface area contributed by atoms with Crippen molar-refractivity contribution in [2.75, 3.05) is 25.4 Å². The zero-order valence-electron chi connectivity index (χ0n) is 18.4. The first-order valence-electron chi connectivity index (χ1n) is 10.3. The third-order valence-electron chi connectivity index (χ3n) is 4.42. The largest absolute Gasteiger partial charge is 0.378 e. The number of likely N-dealkylation sites (tertiary alicyclic amines) is 1. The van der Waals surface area contributed by atoms with Crippen molar-refractivity contribution in [3.8, 4) is 5.82 Å². The van der Waals surface area contributed by atoms with E-state index in [0.29, 0.717) is 5.82 Å². The number of nitrogen functional groups attached to an aromatic ring is 1. The number of anilines is 1. The summed E-state index contributed by atoms with van der Waals surface area (Å²) >= 11 is 0. The van der Waals surface area contributed by atoms with Crippen LogP contribution in [0.4, 0.5) is 5.82 Å². The number of rotatable bonds is 4. The summed E-state index contributed by atoms with van der Waals surface area (Å²) in [5, 5.41) is 17.8. The van der Waals surface area contributed by atoms with Gasteiger partial charge in [-0.25, -0.2) is 4.63 Å². The van der Waals surface area contributed by atoms with Gasteiger partial charge in [0, 0.05) is 32.4 Å². The van der Waals surface area contributed by atoms with Gasteiger partial charge in [0.15, 0.2) is 0 Å². The number of hydrogen-bond acceptors (Lipinski definition) is 9. The van der Waals surface area contributed by atoms with E-state index in [1.165, 1.54) is 31.7 Å². The van der Waals surface area contributed by atoms with Gasteiger partial charge in [0.2, 0.25) is 17.5 Å². The monoisotopic (exact) mass is 429 g/mol. The zero-order valence-corrected chi connectivity index (χ0v) is 18.4. The lowest BCUT2D eigenvalue weighted by Gasteiger charge is -2.25. The maximum absolute atomic E-state index is 9.93. The van der Waals surface area contributed by atoms with Crippen molar-refractivity contribution in [3.05, 3.63) is 42.0 Å². The zero-order chi connectivity index (χ0) is 22.5. The van der Waals surface area contributed by atoms with Crippen LogP contribution in [-0.4, -0.2) is 60.7 Å². The topological polar surface area (TPSA) is 141 Å². The molecule has 0 saturated carbocycles. The molecule has 0 atom stereocenters. The molecule has 3 aromatic rings. The van der Waals surface area contributed by atoms with Gasteiger partial charge in [-0.1, -0.05) is 11.6 Å². The molecular weight excluding hydrogens is 398 g/mol. The first-order chi connectivity index (χ1) is 15.0. The minimum absolute atomic E-state index is 0.0394. The van der Waals surface area contributed by atoms with Crippen molar-refractivity contribution < 1.29 is 9.42 Å². The summed E-state index contributed by atoms with van der Waals surface area (Å²) in [6.45, 7) is 9.18. The van der Waals surface area contributed by atoms with E-state index in [0.717, 1.165) is 31.9 Å². The van der Waals surface area contributed by atoms with Crippen molar-refractivity contribution in [2.45, 2.75) is 46.6 Å². The normalized spacial score (nSPS) is 13.4. The number of carbonyl (C=O) groups is 1. The first-order valence-corrected chi connectivity index (χ1v) is 10.3. The van der Waals surface area contributed by atoms with Crippen LogP contribution in [-0.2, 0) is 11.3 Å². The Hall–Kier alpha value is -3.34. The summed E-state index contributed by atoms with van der Waals surface area (Å²) in [4.78, 5) is 16.2. The molecule has 4 heterocycles. The Bertz CT molecular complexity index is 889. The number of nitrogens with two attached hydrogens (primary N) is 1. The van der Waals surface area contributed by atoms with Crippen molar-refractivity contribution in [1.29, 1.82) is 0 Å². The summed E-state index contributed by atoms with van der Waals surface area (Å²) in [7, 11) is 0. The lowest BCUT2D eigenvalue weighted by Crippen LogP contribution is -2.30. The molecule has 1 saturated heterocycles. The van der Waals surface area contributed by atoms with Crippen LogP contribution in [0.25, 0.3) is 5.82 Å². The molecule has 0 unspecified atom stereocenters. The number of aryl methyl sites for hydroxylation is 1. The molecule has 1 fully saturated rings. The minimum atomic E-state index is 0.0394. The second kappa shape index (κ2) is 13.1. The smallest absolute Gasteiger partial charge is 0.243 e. The number of piperidine rings is 1. The number of pyridine rings is 1. The second-order valence-corrected chi connectivity index (χ2v) is 7.06. The standard InChI is InChI=1S/C10H15N7O.C6H7N.C4H9NO/c11-9-10(14-18-13-9)17-8(6-12-15-17)7-16-4-2-1-3-5-16;1-6-2-4-7-5-3-6;1-3-5-4(2)6/h6H,1-5,7H2,(H2,11,13);2-5H,1H3;3H2,1-2H3,(H,5,6). The van der Waals surface area contributed by atoms with Crippen LogP contribution in [0.1, 0.15) is 44.4 Å². The number of nitrogens with zero attached hydrogens (tertiary/aromatic N) is 7. The summed E-state index contributed by atoms with van der Waals surface area (Å²) in [6.07, 6.45) is 9.10. The Kier molecular flexibility index (Phi) is 10.1. The second-order valence-electron chi connectivity index (χ2n) is 7.06. The molecule has 0 aliphatic carbocycles. The average Bonchev–Trinajstić information content (AvgIpc) is 3.38. The van der Waals surface area contributed by atoms with Gasteiger partial charge in [0.05, 0.1) is 11.9 Å². The molecular formula is C20H31N9O2. The molecule has 0 bridgehead atoms. The molecule has 11 heteroatoms. The van der Waals surface area contributed by atoms with Gasteiger partial charge in [-0.05, 0) is 67.8 Å². The van der Waals surface area contributed by atoms with Crippen molar-refractivity contribution in [1.82, 2.24) is 40.5 Å². The van der Waals surface area contributed by atoms with Crippen LogP contribution >= 0.6 is 0 Å². The Labute approximate surface area is 182 Å². The Morgan fingerprint density at radius 2 is 1.90 bits per heavy atom. The molecule has 1 aliphatic rings. The molecule has 1 amide bonds. The molecule has 3 aromatic heterocycles. The van der Waals surface area contributed by atoms with Crippen LogP contribution < -0.4 is 11.1 Å². The number of aromatic nitrogens is 6. The Morgan fingerprint density at radius 3 is 2.39 bits per heavy atom. The van der Waals surface area contributed by atoms with E-state index in [1.54, 1.807) is 23.3 Å². The van der Waals surface area contributed by atoms with E-state index < -0.39 is 0 Å². The van der Waals surface area contributed by atoms with E-state index in [4.69, 9.17) is 5.73 Å². The summed E-state index contributed by atoms with van der Waals surface area (Å²) in [6, 6.07) is 3.94. The average molecular weight is 430 g/mol. The van der Waals surface area contributed by atoms with Gasteiger partial charge >= 0.3 is 0 Å². The number of carbonyl (C=O) groups excluding carboxylic acids is 1. The number of amides is 1. The third-order valence-corrected chi connectivity index (χ3v) is 4.42. The summed E-state index contributed by atoms with van der Waals surface area (Å²) in [5.74, 6) is 0.664. The van der Waals surface area contributed by atoms with Crippen molar-refractivity contribution in [3.63, 3.8) is 0 Å². The van der Waals surface area contributed by atoms with E-state index >= 15 is 0 Å². The molecule has 4 rings (SSSR count). The van der Waals surface area contributed by atoms with E-state index in [-0.39, 0.29) is 11.7 Å². The van der Waals surface area contributed by atoms with Gasteiger partial charge in [0.1, 0.15) is 0 Å². The lowest BCUT2D eigenvalue weighted by molar-refractivity contribution is -0.118. The maximum Gasteiger partial charge on any atom is 0.243 e. The van der Waals surface area contributed by atoms with Gasteiger partial charge < -0.3 is 11.1 Å². The first kappa shape index (κ1) is 23.9. The van der Waals surface area contributed by atoms with E-state index in [1.807, 2.05) is 26.0 Å². The molecule has 0 aromatic carbocycles. The molecule has 11 nitrogen and oxygen atoms in total. The quantitative estimate of drug-likeness (QED) is 0.634. The van der Waals surface area contributed by atoms with Gasteiger partial charge in [-0.15, -0.1) is 5.10 Å². The predicted octanol–water partition coefficient (Wildman–Crippen LogP) is 1.75. The number of nitrogens with one attached hydrogen (secondary N) is 1. The fraction of sp³-hybridized carbons (Fsp3) is 0.500. The van der Waals surface area contributed by atoms with Gasteiger partial charge in [0.25, 0.3) is 0 Å². The fourth-order valence-electron chi connectivity index (χ4n) is 2.90. The molecule has 0 spiro atoms. The molecule has 0 radical (unpaired) electrons. The van der Waals surface area contributed by atoms with E-state index in [2.05, 4.69) is 40.5 Å². The van der Waals surface area contributed by atoms with Gasteiger partial charge in [-0.2, -0.15) is 4.68 Å². The highest BCUT2D eigenvalue weighted by Gasteiger charge is 2.17. The highest BCUT2D eigenvalue weighted by atomic mass is 16.6. The van der Waals surface area contributed by atoms with Crippen LogP contribution in [0.2, 0.25) is 0 Å². The molecule has 3 N–H and O–H groups in total. The molecule has 1 aliphatic heterocycles. The predicted molar refractivity (Wildman–Crippen MR) is 116 cm³/mol. The van der Waals surface area contributed by atoms with Crippen LogP contribution in [0.5, 0.6) is 0 Å². The number of hydrogen-bond donors (Lipinski definition) is 2. The van der Waals surface area contributed by atoms with Crippen LogP contribution in [0.15, 0.2) is 35.4 Å². The Morgan fingerprint density at radius 1 is 1.19 bits per heavy atom. The van der Waals surface area contributed by atoms with Crippen molar-refractivity contribution in [2.24, 2.45) is 0 Å². The fourth-order valence-corrected chi connectivity index (χ4v) is 2.90. The molecule has 168 valence electrons. The summed E-state index contributed by atoms with van der Waals surface area (Å²) < 4.78 is 6.17. The Balaban J connectivity index is 0.000000217. The van der Waals surface area contributed by atoms with Crippen molar-refractivity contribution >= 4 is 11.7 Å². The third kappa shape index (κ3) is 8.51. The SMILES string of the molecule is CCNC(C)=O.Cc1ccncc1.Nc1nonc1-n1nncc1CN1CCCCC1. The minimum Gasteiger partial charge on any atom is -0.378 e. The highest BCUT2D eigenvalue weighted by molar-refractivity contribution is 5.72. The lowest BCUT2D eigenvalue weighted by atomic mass is 10.1. The van der Waals surface area contributed by atoms with Gasteiger partial charge in [-0.3, -0.25) is 14.7 Å². The molecule has 31 heavy (non-hydrogen) atoms. The van der Waals surface area contributed by atoms with Crippen LogP contribution in [0.3, 0.4) is 0 Å². The highest BCUT2D eigenvalue weighted by Crippen LogP contribution is 2.16. The maximum atomic E-state index is 9.93. The van der Waals surface area contributed by atoms with E-state index in [9.17, 15) is 4.79 Å². The summed E-state index contributed by atoms with van der Waals surface area (Å²) in [5.41, 5.74) is 7.87.